The molecule has 0 bridgehead atoms. The molecular formula is C20H13ClN2O4S. The van der Waals surface area contributed by atoms with Gasteiger partial charge in [0.2, 0.25) is 12.7 Å². The van der Waals surface area contributed by atoms with Gasteiger partial charge in [0.15, 0.2) is 11.5 Å². The summed E-state index contributed by atoms with van der Waals surface area (Å²) in [4.78, 5) is 17.0. The average Bonchev–Trinajstić information content (AvgIpc) is 3.37. The van der Waals surface area contributed by atoms with E-state index in [1.807, 2.05) is 24.3 Å². The summed E-state index contributed by atoms with van der Waals surface area (Å²) in [6.07, 6.45) is 3.50. The van der Waals surface area contributed by atoms with Crippen LogP contribution in [0.2, 0.25) is 5.02 Å². The number of rotatable bonds is 3. The number of halogens is 1. The summed E-state index contributed by atoms with van der Waals surface area (Å²) in [6, 6.07) is 11.1. The molecule has 140 valence electrons. The molecule has 6 nitrogen and oxygen atoms in total. The summed E-state index contributed by atoms with van der Waals surface area (Å²) in [7, 11) is 0. The van der Waals surface area contributed by atoms with Crippen molar-refractivity contribution in [3.63, 3.8) is 0 Å². The van der Waals surface area contributed by atoms with Crippen LogP contribution in [0.1, 0.15) is 16.0 Å². The summed E-state index contributed by atoms with van der Waals surface area (Å²) >= 11 is 7.28. The highest BCUT2D eigenvalue weighted by Crippen LogP contribution is 2.38. The molecule has 1 N–H and O–H groups in total. The molecule has 1 aromatic heterocycles. The normalized spacial score (nSPS) is 15.4. The van der Waals surface area contributed by atoms with Gasteiger partial charge in [-0.05, 0) is 23.8 Å². The van der Waals surface area contributed by atoms with Crippen molar-refractivity contribution < 1.29 is 14.6 Å². The third-order valence-electron chi connectivity index (χ3n) is 4.61. The largest absolute Gasteiger partial charge is 0.493 e. The van der Waals surface area contributed by atoms with Gasteiger partial charge < -0.3 is 14.6 Å². The smallest absolute Gasteiger partial charge is 0.310 e. The van der Waals surface area contributed by atoms with Crippen LogP contribution in [-0.2, 0) is 6.54 Å². The molecule has 0 amide bonds. The van der Waals surface area contributed by atoms with E-state index in [4.69, 9.17) is 21.1 Å². The van der Waals surface area contributed by atoms with Gasteiger partial charge in [-0.1, -0.05) is 41.1 Å². The Kier molecular flexibility index (Phi) is 3.99. The zero-order valence-electron chi connectivity index (χ0n) is 14.4. The highest BCUT2D eigenvalue weighted by Gasteiger charge is 2.20. The topological polar surface area (TPSA) is 73.0 Å². The predicted octanol–water partition coefficient (Wildman–Crippen LogP) is 4.30. The fraction of sp³-hybridized carbons (Fsp3) is 0.100. The first-order valence-electron chi connectivity index (χ1n) is 8.46. The van der Waals surface area contributed by atoms with E-state index in [1.165, 1.54) is 4.57 Å². The SMILES string of the molecule is O=c1sc(C=C2C=Nc3ccccc32)c(O)n1Cc1cc2c(cc1Cl)OCO2. The third kappa shape index (κ3) is 2.80. The highest BCUT2D eigenvalue weighted by atomic mass is 35.5. The van der Waals surface area contributed by atoms with E-state index in [0.717, 1.165) is 28.2 Å². The number of nitrogens with zero attached hydrogens (tertiary/aromatic N) is 2. The number of ether oxygens (including phenoxy) is 2. The van der Waals surface area contributed by atoms with Crippen molar-refractivity contribution in [2.45, 2.75) is 6.54 Å². The molecule has 0 saturated heterocycles. The molecule has 0 atom stereocenters. The summed E-state index contributed by atoms with van der Waals surface area (Å²) in [5.41, 5.74) is 3.34. The maximum absolute atomic E-state index is 12.5. The van der Waals surface area contributed by atoms with Crippen LogP contribution in [0.3, 0.4) is 0 Å². The third-order valence-corrected chi connectivity index (χ3v) is 5.88. The molecule has 2 aliphatic heterocycles. The first kappa shape index (κ1) is 17.1. The lowest BCUT2D eigenvalue weighted by Gasteiger charge is -2.08. The van der Waals surface area contributed by atoms with Crippen molar-refractivity contribution in [1.82, 2.24) is 4.57 Å². The van der Waals surface area contributed by atoms with Crippen molar-refractivity contribution in [3.8, 4) is 17.4 Å². The van der Waals surface area contributed by atoms with Gasteiger partial charge >= 0.3 is 4.87 Å². The van der Waals surface area contributed by atoms with Crippen LogP contribution in [0, 0.1) is 0 Å². The first-order chi connectivity index (χ1) is 13.6. The molecule has 8 heteroatoms. The monoisotopic (exact) mass is 412 g/mol. The van der Waals surface area contributed by atoms with Gasteiger partial charge in [0.25, 0.3) is 0 Å². The Bertz CT molecular complexity index is 1230. The van der Waals surface area contributed by atoms with Gasteiger partial charge in [0, 0.05) is 28.4 Å². The Morgan fingerprint density at radius 3 is 2.89 bits per heavy atom. The fourth-order valence-electron chi connectivity index (χ4n) is 3.19. The molecule has 0 radical (unpaired) electrons. The van der Waals surface area contributed by atoms with E-state index in [0.29, 0.717) is 27.0 Å². The number of aliphatic imine (C=N–C) groups is 1. The number of thiazole rings is 1. The number of hydrogen-bond acceptors (Lipinski definition) is 6. The fourth-order valence-corrected chi connectivity index (χ4v) is 4.24. The lowest BCUT2D eigenvalue weighted by Crippen LogP contribution is -2.13. The molecule has 0 unspecified atom stereocenters. The number of allylic oxidation sites excluding steroid dienone is 1. The second kappa shape index (κ2) is 6.54. The van der Waals surface area contributed by atoms with Crippen LogP contribution in [-0.4, -0.2) is 22.7 Å². The zero-order valence-corrected chi connectivity index (χ0v) is 16.0. The minimum absolute atomic E-state index is 0.103. The standard InChI is InChI=1S/C20H13ClN2O4S/c21-14-7-17-16(26-10-27-17)5-12(14)9-23-19(24)18(28-20(23)25)6-11-8-22-15-4-2-1-3-13(11)15/h1-8,24H,9-10H2. The van der Waals surface area contributed by atoms with Gasteiger partial charge in [0.1, 0.15) is 0 Å². The Hall–Kier alpha value is -3.03. The number of aromatic nitrogens is 1. The summed E-state index contributed by atoms with van der Waals surface area (Å²) in [6.45, 7) is 0.268. The molecule has 3 heterocycles. The minimum Gasteiger partial charge on any atom is -0.493 e. The highest BCUT2D eigenvalue weighted by molar-refractivity contribution is 7.10. The van der Waals surface area contributed by atoms with E-state index in [9.17, 15) is 9.90 Å². The zero-order chi connectivity index (χ0) is 19.3. The molecule has 0 fully saturated rings. The molecule has 28 heavy (non-hydrogen) atoms. The van der Waals surface area contributed by atoms with Crippen LogP contribution in [0.15, 0.2) is 46.2 Å². The van der Waals surface area contributed by atoms with Crippen LogP contribution in [0.5, 0.6) is 17.4 Å². The second-order valence-electron chi connectivity index (χ2n) is 6.31. The van der Waals surface area contributed by atoms with Gasteiger partial charge in [-0.25, -0.2) is 0 Å². The number of fused-ring (bicyclic) bond motifs is 2. The van der Waals surface area contributed by atoms with Crippen LogP contribution >= 0.6 is 22.9 Å². The minimum atomic E-state index is -0.277. The number of hydrogen-bond donors (Lipinski definition) is 1. The number of para-hydroxylation sites is 1. The molecular weight excluding hydrogens is 400 g/mol. The lowest BCUT2D eigenvalue weighted by atomic mass is 10.1. The Morgan fingerprint density at radius 1 is 1.25 bits per heavy atom. The van der Waals surface area contributed by atoms with Crippen LogP contribution in [0.4, 0.5) is 5.69 Å². The molecule has 3 aromatic rings. The van der Waals surface area contributed by atoms with E-state index in [2.05, 4.69) is 4.99 Å². The van der Waals surface area contributed by atoms with Gasteiger partial charge in [0.05, 0.1) is 17.1 Å². The molecule has 2 aliphatic rings. The number of benzene rings is 2. The summed E-state index contributed by atoms with van der Waals surface area (Å²) < 4.78 is 12.0. The van der Waals surface area contributed by atoms with Crippen molar-refractivity contribution in [2.24, 2.45) is 4.99 Å². The number of aromatic hydroxyl groups is 1. The Morgan fingerprint density at radius 2 is 2.04 bits per heavy atom. The van der Waals surface area contributed by atoms with Crippen molar-refractivity contribution in [2.75, 3.05) is 6.79 Å². The maximum atomic E-state index is 12.5. The lowest BCUT2D eigenvalue weighted by molar-refractivity contribution is 0.174. The van der Waals surface area contributed by atoms with Crippen molar-refractivity contribution >= 4 is 46.5 Å². The van der Waals surface area contributed by atoms with Crippen molar-refractivity contribution in [1.29, 1.82) is 0 Å². The predicted molar refractivity (Wildman–Crippen MR) is 109 cm³/mol. The van der Waals surface area contributed by atoms with E-state index < -0.39 is 0 Å². The Balaban J connectivity index is 1.51. The summed E-state index contributed by atoms with van der Waals surface area (Å²) in [5.74, 6) is 1.04. The van der Waals surface area contributed by atoms with E-state index in [1.54, 1.807) is 24.4 Å². The molecule has 2 aromatic carbocycles. The Labute approximate surface area is 168 Å². The van der Waals surface area contributed by atoms with Crippen LogP contribution in [0.25, 0.3) is 11.6 Å². The van der Waals surface area contributed by atoms with E-state index in [-0.39, 0.29) is 24.1 Å². The van der Waals surface area contributed by atoms with Gasteiger partial charge in [-0.15, -0.1) is 0 Å². The molecule has 0 saturated carbocycles. The molecule has 0 spiro atoms. The van der Waals surface area contributed by atoms with Crippen LogP contribution < -0.4 is 14.3 Å². The first-order valence-corrected chi connectivity index (χ1v) is 9.65. The quantitative estimate of drug-likeness (QED) is 0.696. The maximum Gasteiger partial charge on any atom is 0.310 e. The van der Waals surface area contributed by atoms with Crippen molar-refractivity contribution in [3.05, 3.63) is 67.1 Å². The summed E-state index contributed by atoms with van der Waals surface area (Å²) in [5, 5.41) is 11.1. The van der Waals surface area contributed by atoms with E-state index >= 15 is 0 Å². The second-order valence-corrected chi connectivity index (χ2v) is 7.71. The average molecular weight is 413 g/mol. The molecule has 0 aliphatic carbocycles. The van der Waals surface area contributed by atoms with Gasteiger partial charge in [-0.3, -0.25) is 14.4 Å². The van der Waals surface area contributed by atoms with Gasteiger partial charge in [-0.2, -0.15) is 0 Å². The molecule has 5 rings (SSSR count).